The van der Waals surface area contributed by atoms with Crippen molar-refractivity contribution in [2.45, 2.75) is 45.3 Å². The Morgan fingerprint density at radius 2 is 2.30 bits per heavy atom. The summed E-state index contributed by atoms with van der Waals surface area (Å²) in [5.41, 5.74) is 1.10. The zero-order valence-corrected chi connectivity index (χ0v) is 14.3. The van der Waals surface area contributed by atoms with E-state index < -0.39 is 0 Å². The first kappa shape index (κ1) is 17.6. The van der Waals surface area contributed by atoms with Crippen LogP contribution in [0.4, 0.5) is 10.5 Å². The molecule has 0 radical (unpaired) electrons. The number of aryl methyl sites for hydroxylation is 1. The second-order valence-corrected chi connectivity index (χ2v) is 6.66. The first-order chi connectivity index (χ1) is 11.0. The maximum atomic E-state index is 12.0. The van der Waals surface area contributed by atoms with E-state index in [2.05, 4.69) is 20.6 Å². The van der Waals surface area contributed by atoms with Crippen molar-refractivity contribution >= 4 is 11.7 Å². The summed E-state index contributed by atoms with van der Waals surface area (Å²) >= 11 is 0. The summed E-state index contributed by atoms with van der Waals surface area (Å²) in [7, 11) is 1.90. The van der Waals surface area contributed by atoms with E-state index in [9.17, 15) is 9.90 Å². The lowest BCUT2D eigenvalue weighted by atomic mass is 10.0. The molecule has 1 saturated heterocycles. The molecule has 0 bridgehead atoms. The van der Waals surface area contributed by atoms with E-state index >= 15 is 0 Å². The molecule has 1 aromatic heterocycles. The second kappa shape index (κ2) is 8.19. The molecule has 23 heavy (non-hydrogen) atoms. The van der Waals surface area contributed by atoms with E-state index in [1.807, 2.05) is 33.3 Å². The molecule has 7 nitrogen and oxygen atoms in total. The zero-order valence-electron chi connectivity index (χ0n) is 14.3. The molecule has 2 rings (SSSR count). The largest absolute Gasteiger partial charge is 0.393 e. The number of rotatable bonds is 6. The highest BCUT2D eigenvalue weighted by Gasteiger charge is 2.22. The Morgan fingerprint density at radius 1 is 1.52 bits per heavy atom. The summed E-state index contributed by atoms with van der Waals surface area (Å²) in [5.74, 6) is 0.214. The number of urea groups is 1. The summed E-state index contributed by atoms with van der Waals surface area (Å²) in [4.78, 5) is 14.2. The number of anilines is 1. The summed E-state index contributed by atoms with van der Waals surface area (Å²) in [5, 5.41) is 19.8. The van der Waals surface area contributed by atoms with Crippen molar-refractivity contribution in [2.24, 2.45) is 13.0 Å². The smallest absolute Gasteiger partial charge is 0.315 e. The van der Waals surface area contributed by atoms with Crippen molar-refractivity contribution < 1.29 is 9.90 Å². The van der Waals surface area contributed by atoms with Gasteiger partial charge >= 0.3 is 6.03 Å². The van der Waals surface area contributed by atoms with Gasteiger partial charge in [-0.3, -0.25) is 4.68 Å². The minimum atomic E-state index is -0.369. The highest BCUT2D eigenvalue weighted by atomic mass is 16.3. The predicted octanol–water partition coefficient (Wildman–Crippen LogP) is 1.10. The van der Waals surface area contributed by atoms with Crippen LogP contribution in [0.5, 0.6) is 0 Å². The normalized spacial score (nSPS) is 19.7. The van der Waals surface area contributed by atoms with E-state index in [1.54, 1.807) is 4.68 Å². The van der Waals surface area contributed by atoms with Crippen LogP contribution in [0.1, 0.15) is 33.1 Å². The van der Waals surface area contributed by atoms with E-state index in [0.29, 0.717) is 13.0 Å². The Morgan fingerprint density at radius 3 is 2.96 bits per heavy atom. The van der Waals surface area contributed by atoms with Gasteiger partial charge in [0.15, 0.2) is 0 Å². The number of hydrogen-bond donors (Lipinski definition) is 3. The molecular weight excluding hydrogens is 294 g/mol. The van der Waals surface area contributed by atoms with Crippen molar-refractivity contribution in [1.82, 2.24) is 20.4 Å². The number of nitrogens with zero attached hydrogens (tertiary/aromatic N) is 3. The molecule has 2 unspecified atom stereocenters. The monoisotopic (exact) mass is 323 g/mol. The van der Waals surface area contributed by atoms with Crippen LogP contribution in [0, 0.1) is 5.92 Å². The number of carbonyl (C=O) groups is 1. The summed E-state index contributed by atoms with van der Waals surface area (Å²) < 4.78 is 1.79. The molecule has 2 heterocycles. The number of aromatic nitrogens is 2. The van der Waals surface area contributed by atoms with Gasteiger partial charge in [0.05, 0.1) is 18.0 Å². The summed E-state index contributed by atoms with van der Waals surface area (Å²) in [6.07, 6.45) is 6.10. The van der Waals surface area contributed by atoms with Gasteiger partial charge in [-0.15, -0.1) is 0 Å². The number of carbonyl (C=O) groups excluding carboxylic acids is 1. The fourth-order valence-electron chi connectivity index (χ4n) is 2.80. The van der Waals surface area contributed by atoms with Crippen LogP contribution >= 0.6 is 0 Å². The Labute approximate surface area is 138 Å². The standard InChI is InChI=1S/C16H29N5O2/c1-12(2)15(22)6-7-17-16(23)19-13-5-4-8-21(10-13)14-9-18-20(3)11-14/h9,11-13,15,22H,4-8,10H2,1-3H3,(H2,17,19,23). The van der Waals surface area contributed by atoms with Gasteiger partial charge in [0.1, 0.15) is 0 Å². The van der Waals surface area contributed by atoms with Crippen LogP contribution in [0.25, 0.3) is 0 Å². The third-order valence-corrected chi connectivity index (χ3v) is 4.31. The molecule has 2 atom stereocenters. The molecule has 130 valence electrons. The topological polar surface area (TPSA) is 82.4 Å². The van der Waals surface area contributed by atoms with Crippen LogP contribution < -0.4 is 15.5 Å². The fraction of sp³-hybridized carbons (Fsp3) is 0.750. The molecule has 1 aliphatic rings. The van der Waals surface area contributed by atoms with E-state index in [0.717, 1.165) is 31.6 Å². The molecule has 0 aliphatic carbocycles. The number of amides is 2. The second-order valence-electron chi connectivity index (χ2n) is 6.66. The van der Waals surface area contributed by atoms with Crippen LogP contribution in [-0.4, -0.2) is 52.7 Å². The molecule has 1 aliphatic heterocycles. The van der Waals surface area contributed by atoms with Crippen molar-refractivity contribution in [2.75, 3.05) is 24.5 Å². The van der Waals surface area contributed by atoms with Crippen LogP contribution in [-0.2, 0) is 7.05 Å². The number of aliphatic hydroxyl groups is 1. The molecule has 2 amide bonds. The lowest BCUT2D eigenvalue weighted by Gasteiger charge is -2.33. The van der Waals surface area contributed by atoms with Crippen LogP contribution in [0.2, 0.25) is 0 Å². The molecule has 7 heteroatoms. The van der Waals surface area contributed by atoms with Crippen molar-refractivity contribution in [1.29, 1.82) is 0 Å². The SMILES string of the molecule is CC(C)C(O)CCNC(=O)NC1CCCN(c2cnn(C)c2)C1. The molecule has 0 saturated carbocycles. The molecule has 3 N–H and O–H groups in total. The molecule has 0 spiro atoms. The minimum absolute atomic E-state index is 0.138. The average molecular weight is 323 g/mol. The number of nitrogens with one attached hydrogen (secondary N) is 2. The molecule has 1 aromatic rings. The van der Waals surface area contributed by atoms with Gasteiger partial charge in [0, 0.05) is 38.9 Å². The number of hydrogen-bond acceptors (Lipinski definition) is 4. The Balaban J connectivity index is 1.73. The van der Waals surface area contributed by atoms with Gasteiger partial charge in [-0.05, 0) is 25.2 Å². The fourth-order valence-corrected chi connectivity index (χ4v) is 2.80. The van der Waals surface area contributed by atoms with Gasteiger partial charge in [-0.25, -0.2) is 4.79 Å². The lowest BCUT2D eigenvalue weighted by molar-refractivity contribution is 0.116. The molecule has 0 aromatic carbocycles. The summed E-state index contributed by atoms with van der Waals surface area (Å²) in [6, 6.07) is -0.0158. The van der Waals surface area contributed by atoms with E-state index in [-0.39, 0.29) is 24.1 Å². The Bertz CT molecular complexity index is 502. The van der Waals surface area contributed by atoms with Crippen molar-refractivity contribution in [3.63, 3.8) is 0 Å². The van der Waals surface area contributed by atoms with E-state index in [4.69, 9.17) is 0 Å². The van der Waals surface area contributed by atoms with Crippen molar-refractivity contribution in [3.8, 4) is 0 Å². The zero-order chi connectivity index (χ0) is 16.8. The quantitative estimate of drug-likeness (QED) is 0.732. The third-order valence-electron chi connectivity index (χ3n) is 4.31. The van der Waals surface area contributed by atoms with Gasteiger partial charge in [-0.2, -0.15) is 5.10 Å². The molecule has 1 fully saturated rings. The number of aliphatic hydroxyl groups excluding tert-OH is 1. The molecular formula is C16H29N5O2. The van der Waals surface area contributed by atoms with E-state index in [1.165, 1.54) is 0 Å². The first-order valence-corrected chi connectivity index (χ1v) is 8.41. The van der Waals surface area contributed by atoms with Crippen LogP contribution in [0.15, 0.2) is 12.4 Å². The van der Waals surface area contributed by atoms with Gasteiger partial charge < -0.3 is 20.6 Å². The summed E-state index contributed by atoms with van der Waals surface area (Å²) in [6.45, 7) is 6.23. The number of piperidine rings is 1. The van der Waals surface area contributed by atoms with Gasteiger partial charge in [0.25, 0.3) is 0 Å². The highest BCUT2D eigenvalue weighted by Crippen LogP contribution is 2.18. The van der Waals surface area contributed by atoms with Gasteiger partial charge in [-0.1, -0.05) is 13.8 Å². The first-order valence-electron chi connectivity index (χ1n) is 8.41. The van der Waals surface area contributed by atoms with Crippen LogP contribution in [0.3, 0.4) is 0 Å². The maximum absolute atomic E-state index is 12.0. The maximum Gasteiger partial charge on any atom is 0.315 e. The Kier molecular flexibility index (Phi) is 6.27. The lowest BCUT2D eigenvalue weighted by Crippen LogP contribution is -2.50. The van der Waals surface area contributed by atoms with Gasteiger partial charge in [0.2, 0.25) is 0 Å². The van der Waals surface area contributed by atoms with Crippen molar-refractivity contribution in [3.05, 3.63) is 12.4 Å². The highest BCUT2D eigenvalue weighted by molar-refractivity contribution is 5.74. The third kappa shape index (κ3) is 5.42. The predicted molar refractivity (Wildman–Crippen MR) is 90.4 cm³/mol. The minimum Gasteiger partial charge on any atom is -0.393 e. The average Bonchev–Trinajstić information content (AvgIpc) is 2.94. The Hall–Kier alpha value is -1.76.